The summed E-state index contributed by atoms with van der Waals surface area (Å²) in [4.78, 5) is 5.01. The molecule has 1 saturated heterocycles. The first kappa shape index (κ1) is 17.9. The molecule has 0 aromatic carbocycles. The third kappa shape index (κ3) is 9.73. The van der Waals surface area contributed by atoms with E-state index in [-0.39, 0.29) is 0 Å². The maximum Gasteiger partial charge on any atom is 0.0110 e. The summed E-state index contributed by atoms with van der Waals surface area (Å²) in [6.45, 7) is 10.9. The number of nitrogens with zero attached hydrogens (tertiary/aromatic N) is 2. The van der Waals surface area contributed by atoms with E-state index in [0.29, 0.717) is 0 Å². The van der Waals surface area contributed by atoms with Crippen LogP contribution in [-0.2, 0) is 0 Å². The van der Waals surface area contributed by atoms with Gasteiger partial charge in [-0.1, -0.05) is 51.9 Å². The minimum atomic E-state index is 1.17. The highest BCUT2D eigenvalue weighted by molar-refractivity contribution is 4.69. The zero-order chi connectivity index (χ0) is 14.5. The molecule has 0 atom stereocenters. The van der Waals surface area contributed by atoms with E-state index in [1.54, 1.807) is 0 Å². The molecule has 1 fully saturated rings. The fourth-order valence-corrected chi connectivity index (χ4v) is 2.82. The van der Waals surface area contributed by atoms with E-state index in [1.807, 2.05) is 0 Å². The molecule has 3 nitrogen and oxygen atoms in total. The lowest BCUT2D eigenvalue weighted by Gasteiger charge is -2.32. The zero-order valence-electron chi connectivity index (χ0n) is 14.0. The van der Waals surface area contributed by atoms with Gasteiger partial charge in [0, 0.05) is 39.3 Å². The Balaban J connectivity index is 1.74. The molecule has 0 unspecified atom stereocenters. The van der Waals surface area contributed by atoms with E-state index in [1.165, 1.54) is 97.2 Å². The largest absolute Gasteiger partial charge is 0.315 e. The summed E-state index contributed by atoms with van der Waals surface area (Å²) in [6, 6.07) is 0. The van der Waals surface area contributed by atoms with Crippen molar-refractivity contribution in [3.8, 4) is 0 Å². The maximum atomic E-state index is 3.60. The molecule has 0 amide bonds. The summed E-state index contributed by atoms with van der Waals surface area (Å²) in [5, 5.41) is 3.60. The highest BCUT2D eigenvalue weighted by atomic mass is 15.2. The van der Waals surface area contributed by atoms with Crippen LogP contribution in [0.4, 0.5) is 0 Å². The summed E-state index contributed by atoms with van der Waals surface area (Å²) in [5.41, 5.74) is 0. The summed E-state index contributed by atoms with van der Waals surface area (Å²) in [5.74, 6) is 0. The molecule has 0 radical (unpaired) electrons. The number of nitrogens with one attached hydrogen (secondary N) is 1. The second kappa shape index (κ2) is 12.6. The van der Waals surface area contributed by atoms with Gasteiger partial charge in [0.1, 0.15) is 0 Å². The highest BCUT2D eigenvalue weighted by Crippen LogP contribution is 2.07. The molecule has 20 heavy (non-hydrogen) atoms. The number of unbranched alkanes of at least 4 members (excludes halogenated alkanes) is 7. The molecule has 0 bridgehead atoms. The average molecular weight is 284 g/mol. The number of piperazine rings is 1. The Labute approximate surface area is 127 Å². The first-order chi connectivity index (χ1) is 9.83. The highest BCUT2D eigenvalue weighted by Gasteiger charge is 2.12. The zero-order valence-corrected chi connectivity index (χ0v) is 14.0. The molecule has 1 rings (SSSR count). The van der Waals surface area contributed by atoms with Gasteiger partial charge in [-0.25, -0.2) is 0 Å². The SMILES string of the molecule is CCCCCCCCCCNCCN1CCN(C)CC1. The van der Waals surface area contributed by atoms with E-state index < -0.39 is 0 Å². The van der Waals surface area contributed by atoms with Crippen molar-refractivity contribution >= 4 is 0 Å². The van der Waals surface area contributed by atoms with E-state index in [9.17, 15) is 0 Å². The van der Waals surface area contributed by atoms with Crippen molar-refractivity contribution in [1.29, 1.82) is 0 Å². The number of hydrogen-bond donors (Lipinski definition) is 1. The van der Waals surface area contributed by atoms with Crippen LogP contribution in [0.1, 0.15) is 58.3 Å². The number of likely N-dealkylation sites (N-methyl/N-ethyl adjacent to an activating group) is 1. The number of hydrogen-bond acceptors (Lipinski definition) is 3. The van der Waals surface area contributed by atoms with Crippen molar-refractivity contribution in [1.82, 2.24) is 15.1 Å². The third-order valence-corrected chi connectivity index (χ3v) is 4.41. The lowest BCUT2D eigenvalue weighted by atomic mass is 10.1. The molecule has 1 aliphatic rings. The molecule has 0 aliphatic carbocycles. The Morgan fingerprint density at radius 3 is 2.00 bits per heavy atom. The number of rotatable bonds is 12. The van der Waals surface area contributed by atoms with Crippen LogP contribution < -0.4 is 5.32 Å². The van der Waals surface area contributed by atoms with Gasteiger partial charge in [-0.2, -0.15) is 0 Å². The van der Waals surface area contributed by atoms with Crippen molar-refractivity contribution in [2.75, 3.05) is 52.9 Å². The quantitative estimate of drug-likeness (QED) is 0.556. The molecule has 0 aromatic rings. The van der Waals surface area contributed by atoms with Gasteiger partial charge in [0.15, 0.2) is 0 Å². The topological polar surface area (TPSA) is 18.5 Å². The van der Waals surface area contributed by atoms with Crippen LogP contribution >= 0.6 is 0 Å². The van der Waals surface area contributed by atoms with Crippen LogP contribution in [0.3, 0.4) is 0 Å². The van der Waals surface area contributed by atoms with Gasteiger partial charge in [-0.15, -0.1) is 0 Å². The van der Waals surface area contributed by atoms with Crippen LogP contribution in [0.2, 0.25) is 0 Å². The van der Waals surface area contributed by atoms with E-state index in [4.69, 9.17) is 0 Å². The fourth-order valence-electron chi connectivity index (χ4n) is 2.82. The average Bonchev–Trinajstić information content (AvgIpc) is 2.47. The van der Waals surface area contributed by atoms with Crippen molar-refractivity contribution in [2.45, 2.75) is 58.3 Å². The molecule has 120 valence electrons. The minimum Gasteiger partial charge on any atom is -0.315 e. The van der Waals surface area contributed by atoms with E-state index in [2.05, 4.69) is 29.1 Å². The van der Waals surface area contributed by atoms with Gasteiger partial charge in [-0.3, -0.25) is 4.90 Å². The van der Waals surface area contributed by atoms with Crippen LogP contribution in [0.5, 0.6) is 0 Å². The van der Waals surface area contributed by atoms with Gasteiger partial charge >= 0.3 is 0 Å². The van der Waals surface area contributed by atoms with Crippen LogP contribution in [-0.4, -0.2) is 62.7 Å². The monoisotopic (exact) mass is 283 g/mol. The maximum absolute atomic E-state index is 3.60. The van der Waals surface area contributed by atoms with Gasteiger partial charge in [0.05, 0.1) is 0 Å². The molecule has 0 saturated carbocycles. The molecular weight excluding hydrogens is 246 g/mol. The minimum absolute atomic E-state index is 1.17. The van der Waals surface area contributed by atoms with Crippen molar-refractivity contribution in [3.63, 3.8) is 0 Å². The van der Waals surface area contributed by atoms with E-state index in [0.717, 1.165) is 0 Å². The Hall–Kier alpha value is -0.120. The van der Waals surface area contributed by atoms with Crippen molar-refractivity contribution in [3.05, 3.63) is 0 Å². The van der Waals surface area contributed by atoms with Crippen molar-refractivity contribution < 1.29 is 0 Å². The Bertz CT molecular complexity index is 200. The summed E-state index contributed by atoms with van der Waals surface area (Å²) < 4.78 is 0. The Morgan fingerprint density at radius 2 is 1.35 bits per heavy atom. The van der Waals surface area contributed by atoms with E-state index >= 15 is 0 Å². The lowest BCUT2D eigenvalue weighted by molar-refractivity contribution is 0.155. The predicted octanol–water partition coefficient (Wildman–Crippen LogP) is 2.96. The molecule has 3 heteroatoms. The Kier molecular flexibility index (Phi) is 11.3. The normalized spacial score (nSPS) is 17.7. The second-order valence-electron chi connectivity index (χ2n) is 6.37. The Morgan fingerprint density at radius 1 is 0.750 bits per heavy atom. The second-order valence-corrected chi connectivity index (χ2v) is 6.37. The van der Waals surface area contributed by atoms with Gasteiger partial charge in [0.2, 0.25) is 0 Å². The van der Waals surface area contributed by atoms with Crippen molar-refractivity contribution in [2.24, 2.45) is 0 Å². The first-order valence-corrected chi connectivity index (χ1v) is 8.94. The van der Waals surface area contributed by atoms with Crippen LogP contribution in [0.25, 0.3) is 0 Å². The molecule has 0 aromatic heterocycles. The smallest absolute Gasteiger partial charge is 0.0110 e. The first-order valence-electron chi connectivity index (χ1n) is 8.94. The summed E-state index contributed by atoms with van der Waals surface area (Å²) >= 11 is 0. The summed E-state index contributed by atoms with van der Waals surface area (Å²) in [6.07, 6.45) is 11.3. The van der Waals surface area contributed by atoms with Gasteiger partial charge < -0.3 is 10.2 Å². The predicted molar refractivity (Wildman–Crippen MR) is 89.4 cm³/mol. The van der Waals surface area contributed by atoms with Crippen LogP contribution in [0, 0.1) is 0 Å². The van der Waals surface area contributed by atoms with Gasteiger partial charge in [0.25, 0.3) is 0 Å². The molecule has 1 aliphatic heterocycles. The molecule has 1 N–H and O–H groups in total. The molecular formula is C17H37N3. The third-order valence-electron chi connectivity index (χ3n) is 4.41. The summed E-state index contributed by atoms with van der Waals surface area (Å²) in [7, 11) is 2.22. The van der Waals surface area contributed by atoms with Crippen LogP contribution in [0.15, 0.2) is 0 Å². The molecule has 0 spiro atoms. The standard InChI is InChI=1S/C17H37N3/c1-3-4-5-6-7-8-9-10-11-18-12-13-20-16-14-19(2)15-17-20/h18H,3-17H2,1-2H3. The van der Waals surface area contributed by atoms with Gasteiger partial charge in [-0.05, 0) is 20.0 Å². The molecule has 1 heterocycles. The lowest BCUT2D eigenvalue weighted by Crippen LogP contribution is -2.46. The fraction of sp³-hybridized carbons (Fsp3) is 1.00.